The van der Waals surface area contributed by atoms with Crippen LogP contribution in [0, 0.1) is 0 Å². The molecule has 0 radical (unpaired) electrons. The lowest BCUT2D eigenvalue weighted by Gasteiger charge is -2.06. The smallest absolute Gasteiger partial charge is 0.282 e. The Hall–Kier alpha value is -2.20. The zero-order valence-electron chi connectivity index (χ0n) is 12.4. The number of hydrogen-bond donors (Lipinski definition) is 2. The molecular formula is C15H11NO6S3. The number of thiocarbonyl (C=S) groups is 1. The van der Waals surface area contributed by atoms with E-state index in [0.29, 0.717) is 0 Å². The molecule has 10 heteroatoms. The summed E-state index contributed by atoms with van der Waals surface area (Å²) in [6.45, 7) is 0. The van der Waals surface area contributed by atoms with Crippen molar-refractivity contribution in [3.8, 4) is 0 Å². The van der Waals surface area contributed by atoms with E-state index in [9.17, 15) is 25.9 Å². The average Bonchev–Trinajstić information content (AvgIpc) is 2.51. The van der Waals surface area contributed by atoms with Gasteiger partial charge in [-0.25, -0.2) is 0 Å². The van der Waals surface area contributed by atoms with Crippen molar-refractivity contribution in [1.29, 1.82) is 0 Å². The van der Waals surface area contributed by atoms with Crippen LogP contribution in [-0.4, -0.2) is 31.1 Å². The highest BCUT2D eigenvalue weighted by atomic mass is 32.2. The third-order valence-electron chi connectivity index (χ3n) is 3.09. The molecule has 0 aliphatic carbocycles. The largest absolute Gasteiger partial charge is 0.297 e. The number of nitrogens with zero attached hydrogens (tertiary/aromatic N) is 1. The maximum absolute atomic E-state index is 11.7. The van der Waals surface area contributed by atoms with E-state index in [1.165, 1.54) is 48.6 Å². The van der Waals surface area contributed by atoms with Gasteiger partial charge in [0.1, 0.15) is 9.79 Å². The molecule has 2 aromatic rings. The minimum absolute atomic E-state index is 0.0548. The molecule has 7 nitrogen and oxygen atoms in total. The van der Waals surface area contributed by atoms with Gasteiger partial charge in [0.05, 0.1) is 10.8 Å². The van der Waals surface area contributed by atoms with Crippen molar-refractivity contribution in [3.63, 3.8) is 0 Å². The van der Waals surface area contributed by atoms with Crippen molar-refractivity contribution >= 4 is 55.5 Å². The van der Waals surface area contributed by atoms with Crippen LogP contribution in [0.3, 0.4) is 0 Å². The quantitative estimate of drug-likeness (QED) is 0.344. The second-order valence-electron chi connectivity index (χ2n) is 4.72. The molecular weight excluding hydrogens is 386 g/mol. The van der Waals surface area contributed by atoms with Gasteiger partial charge in [0.15, 0.2) is 0 Å². The number of aliphatic imine (C=N–C) groups is 1. The molecule has 0 bridgehead atoms. The molecule has 130 valence electrons. The Morgan fingerprint density at radius 1 is 0.880 bits per heavy atom. The van der Waals surface area contributed by atoms with Gasteiger partial charge in [-0.05, 0) is 35.5 Å². The highest BCUT2D eigenvalue weighted by molar-refractivity contribution is 7.86. The molecule has 0 atom stereocenters. The summed E-state index contributed by atoms with van der Waals surface area (Å²) in [6.07, 6.45) is 2.56. The number of isothiocyanates is 1. The van der Waals surface area contributed by atoms with Gasteiger partial charge in [0.25, 0.3) is 20.2 Å². The standard InChI is InChI=1S/C15H11NO6S3/c17-24(18,19)14-7-2-1-4-11(14)8-9-12-5-3-6-13(16-10-23)15(12)25(20,21)22/h1-9H,(H,17,18,19)(H,20,21,22). The van der Waals surface area contributed by atoms with Gasteiger partial charge in [-0.15, -0.1) is 0 Å². The fourth-order valence-electron chi connectivity index (χ4n) is 2.12. The van der Waals surface area contributed by atoms with Gasteiger partial charge < -0.3 is 0 Å². The van der Waals surface area contributed by atoms with Crippen LogP contribution in [0.5, 0.6) is 0 Å². The van der Waals surface area contributed by atoms with E-state index in [1.807, 2.05) is 5.16 Å². The van der Waals surface area contributed by atoms with Crippen LogP contribution >= 0.6 is 12.2 Å². The molecule has 2 rings (SSSR count). The van der Waals surface area contributed by atoms with Crippen LogP contribution in [-0.2, 0) is 20.2 Å². The van der Waals surface area contributed by atoms with Gasteiger partial charge in [0, 0.05) is 0 Å². The summed E-state index contributed by atoms with van der Waals surface area (Å²) < 4.78 is 64.7. The Morgan fingerprint density at radius 3 is 2.08 bits per heavy atom. The maximum Gasteiger partial charge on any atom is 0.297 e. The van der Waals surface area contributed by atoms with E-state index < -0.39 is 25.1 Å². The Bertz CT molecular complexity index is 1100. The van der Waals surface area contributed by atoms with Crippen molar-refractivity contribution in [2.24, 2.45) is 4.99 Å². The summed E-state index contributed by atoms with van der Waals surface area (Å²) in [5.41, 5.74) is 0.0804. The molecule has 0 aromatic heterocycles. The molecule has 0 heterocycles. The summed E-state index contributed by atoms with van der Waals surface area (Å²) >= 11 is 4.45. The van der Waals surface area contributed by atoms with E-state index in [4.69, 9.17) is 0 Å². The Kier molecular flexibility index (Phi) is 5.63. The van der Waals surface area contributed by atoms with Crippen LogP contribution in [0.1, 0.15) is 11.1 Å². The van der Waals surface area contributed by atoms with Gasteiger partial charge in [-0.1, -0.05) is 42.5 Å². The van der Waals surface area contributed by atoms with Gasteiger partial charge in [-0.2, -0.15) is 21.8 Å². The van der Waals surface area contributed by atoms with E-state index in [1.54, 1.807) is 6.07 Å². The van der Waals surface area contributed by atoms with E-state index in [2.05, 4.69) is 17.2 Å². The summed E-state index contributed by atoms with van der Waals surface area (Å²) in [7, 11) is -9.08. The first-order valence-corrected chi connectivity index (χ1v) is 9.86. The lowest BCUT2D eigenvalue weighted by Crippen LogP contribution is -2.02. The van der Waals surface area contributed by atoms with Crippen molar-refractivity contribution in [3.05, 3.63) is 53.6 Å². The van der Waals surface area contributed by atoms with Gasteiger partial charge in [0.2, 0.25) is 0 Å². The zero-order valence-corrected chi connectivity index (χ0v) is 14.8. The molecule has 2 aromatic carbocycles. The summed E-state index contributed by atoms with van der Waals surface area (Å²) in [6, 6.07) is 9.79. The molecule has 0 aliphatic heterocycles. The van der Waals surface area contributed by atoms with E-state index in [0.717, 1.165) is 0 Å². The molecule has 2 N–H and O–H groups in total. The molecule has 0 saturated heterocycles. The van der Waals surface area contributed by atoms with Gasteiger partial charge >= 0.3 is 0 Å². The fourth-order valence-corrected chi connectivity index (χ4v) is 3.72. The molecule has 0 saturated carbocycles. The maximum atomic E-state index is 11.7. The molecule has 0 fully saturated rings. The van der Waals surface area contributed by atoms with Crippen molar-refractivity contribution in [2.75, 3.05) is 0 Å². The number of rotatable bonds is 5. The van der Waals surface area contributed by atoms with Crippen molar-refractivity contribution < 1.29 is 25.9 Å². The van der Waals surface area contributed by atoms with Crippen LogP contribution in [0.15, 0.2) is 57.2 Å². The number of hydrogen-bond acceptors (Lipinski definition) is 6. The first-order valence-electron chi connectivity index (χ1n) is 6.57. The highest BCUT2D eigenvalue weighted by Crippen LogP contribution is 2.29. The Balaban J connectivity index is 2.66. The topological polar surface area (TPSA) is 121 Å². The molecule has 0 unspecified atom stereocenters. The van der Waals surface area contributed by atoms with Crippen LogP contribution in [0.2, 0.25) is 0 Å². The lowest BCUT2D eigenvalue weighted by molar-refractivity contribution is 0.481. The second kappa shape index (κ2) is 7.36. The van der Waals surface area contributed by atoms with Crippen molar-refractivity contribution in [2.45, 2.75) is 9.79 Å². The minimum Gasteiger partial charge on any atom is -0.282 e. The van der Waals surface area contributed by atoms with Crippen LogP contribution < -0.4 is 0 Å². The predicted octanol–water partition coefficient (Wildman–Crippen LogP) is 3.08. The molecule has 25 heavy (non-hydrogen) atoms. The van der Waals surface area contributed by atoms with Crippen molar-refractivity contribution in [1.82, 2.24) is 0 Å². The summed E-state index contributed by atoms with van der Waals surface area (Å²) in [4.78, 5) is 2.77. The normalized spacial score (nSPS) is 12.1. The molecule has 0 aliphatic rings. The third-order valence-corrected chi connectivity index (χ3v) is 5.07. The van der Waals surface area contributed by atoms with Gasteiger partial charge in [-0.3, -0.25) is 9.11 Å². The van der Waals surface area contributed by atoms with Crippen LogP contribution in [0.25, 0.3) is 12.2 Å². The van der Waals surface area contributed by atoms with E-state index >= 15 is 0 Å². The Morgan fingerprint density at radius 2 is 1.48 bits per heavy atom. The monoisotopic (exact) mass is 397 g/mol. The lowest BCUT2D eigenvalue weighted by atomic mass is 10.1. The average molecular weight is 397 g/mol. The second-order valence-corrected chi connectivity index (χ2v) is 7.65. The van der Waals surface area contributed by atoms with Crippen LogP contribution in [0.4, 0.5) is 5.69 Å². The minimum atomic E-state index is -4.63. The number of benzene rings is 2. The molecule has 0 amide bonds. The zero-order chi connectivity index (χ0) is 18.7. The SMILES string of the molecule is O=S(=O)(O)c1ccccc1C=Cc1cccc(N=C=S)c1S(=O)(=O)O. The predicted molar refractivity (Wildman–Crippen MR) is 96.1 cm³/mol. The third kappa shape index (κ3) is 4.67. The molecule has 0 spiro atoms. The first kappa shape index (κ1) is 19.1. The summed E-state index contributed by atoms with van der Waals surface area (Å²) in [5.74, 6) is 0. The summed E-state index contributed by atoms with van der Waals surface area (Å²) in [5, 5.41) is 2.02. The first-order chi connectivity index (χ1) is 11.6. The fraction of sp³-hybridized carbons (Fsp3) is 0. The Labute approximate surface area is 149 Å². The highest BCUT2D eigenvalue weighted by Gasteiger charge is 2.19. The van der Waals surface area contributed by atoms with E-state index in [-0.39, 0.29) is 21.7 Å².